The molecule has 0 aliphatic heterocycles. The van der Waals surface area contributed by atoms with Crippen molar-refractivity contribution in [3.05, 3.63) is 44.9 Å². The number of rotatable bonds is 4. The molecule has 7 nitrogen and oxygen atoms in total. The van der Waals surface area contributed by atoms with Crippen LogP contribution in [-0.4, -0.2) is 22.0 Å². The van der Waals surface area contributed by atoms with Crippen LogP contribution in [0.15, 0.2) is 18.2 Å². The quantitative estimate of drug-likeness (QED) is 0.488. The summed E-state index contributed by atoms with van der Waals surface area (Å²) in [5.41, 5.74) is 0.758. The number of halogens is 1. The molecule has 0 saturated heterocycles. The summed E-state index contributed by atoms with van der Waals surface area (Å²) in [4.78, 5) is 18.1. The van der Waals surface area contributed by atoms with E-state index in [9.17, 15) is 10.1 Å². The third kappa shape index (κ3) is 3.19. The van der Waals surface area contributed by atoms with Crippen LogP contribution in [0, 0.1) is 24.0 Å². The zero-order valence-corrected chi connectivity index (χ0v) is 12.3. The average Bonchev–Trinajstić information content (AvgIpc) is 2.39. The molecule has 0 aliphatic carbocycles. The first-order chi connectivity index (χ1) is 9.92. The zero-order chi connectivity index (χ0) is 15.6. The lowest BCUT2D eigenvalue weighted by molar-refractivity contribution is -0.386. The van der Waals surface area contributed by atoms with Crippen LogP contribution in [0.1, 0.15) is 11.3 Å². The Kier molecular flexibility index (Phi) is 4.23. The van der Waals surface area contributed by atoms with Gasteiger partial charge in [0.2, 0.25) is 5.28 Å². The summed E-state index contributed by atoms with van der Waals surface area (Å²) in [7, 11) is 1.48. The smallest absolute Gasteiger partial charge is 0.352 e. The first-order valence-corrected chi connectivity index (χ1v) is 6.31. The van der Waals surface area contributed by atoms with Gasteiger partial charge < -0.3 is 9.47 Å². The van der Waals surface area contributed by atoms with Crippen LogP contribution in [0.3, 0.4) is 0 Å². The van der Waals surface area contributed by atoms with Gasteiger partial charge in [0.15, 0.2) is 11.5 Å². The molecule has 0 aliphatic rings. The van der Waals surface area contributed by atoms with E-state index >= 15 is 0 Å². The topological polar surface area (TPSA) is 87.4 Å². The van der Waals surface area contributed by atoms with Crippen LogP contribution in [-0.2, 0) is 0 Å². The Bertz CT molecular complexity index is 706. The maximum absolute atomic E-state index is 11.1. The first-order valence-electron chi connectivity index (χ1n) is 5.93. The fourth-order valence-corrected chi connectivity index (χ4v) is 1.96. The normalized spacial score (nSPS) is 10.3. The number of aryl methyl sites for hydroxylation is 2. The standard InChI is InChI=1S/C13H12ClN3O4/c1-7-4-5-9(10(6-7)20-3)21-12-11(17(18)19)8(2)15-13(14)16-12/h4-6H,1-3H3. The molecular formula is C13H12ClN3O4. The van der Waals surface area contributed by atoms with Crippen molar-refractivity contribution in [3.63, 3.8) is 0 Å². The zero-order valence-electron chi connectivity index (χ0n) is 11.6. The summed E-state index contributed by atoms with van der Waals surface area (Å²) in [6.07, 6.45) is 0. The predicted octanol–water partition coefficient (Wildman–Crippen LogP) is 3.46. The number of nitrogens with zero attached hydrogens (tertiary/aromatic N) is 3. The van der Waals surface area contributed by atoms with Gasteiger partial charge in [-0.2, -0.15) is 4.98 Å². The second-order valence-electron chi connectivity index (χ2n) is 4.25. The van der Waals surface area contributed by atoms with Crippen molar-refractivity contribution in [1.82, 2.24) is 9.97 Å². The highest BCUT2D eigenvalue weighted by molar-refractivity contribution is 6.28. The molecule has 0 saturated carbocycles. The third-order valence-electron chi connectivity index (χ3n) is 2.71. The molecule has 0 fully saturated rings. The van der Waals surface area contributed by atoms with Crippen LogP contribution < -0.4 is 9.47 Å². The van der Waals surface area contributed by atoms with Crippen LogP contribution in [0.25, 0.3) is 0 Å². The first kappa shape index (κ1) is 15.0. The number of methoxy groups -OCH3 is 1. The van der Waals surface area contributed by atoms with Crippen LogP contribution >= 0.6 is 11.6 Å². The highest BCUT2D eigenvalue weighted by Crippen LogP contribution is 2.36. The van der Waals surface area contributed by atoms with E-state index in [2.05, 4.69) is 9.97 Å². The molecule has 0 radical (unpaired) electrons. The number of ether oxygens (including phenoxy) is 2. The highest BCUT2D eigenvalue weighted by atomic mass is 35.5. The molecule has 0 amide bonds. The number of nitro groups is 1. The molecule has 0 bridgehead atoms. The number of benzene rings is 1. The second-order valence-corrected chi connectivity index (χ2v) is 4.58. The Labute approximate surface area is 125 Å². The van der Waals surface area contributed by atoms with Gasteiger partial charge in [0.1, 0.15) is 5.69 Å². The van der Waals surface area contributed by atoms with Gasteiger partial charge in [-0.05, 0) is 43.1 Å². The summed E-state index contributed by atoms with van der Waals surface area (Å²) in [5.74, 6) is 0.525. The summed E-state index contributed by atoms with van der Waals surface area (Å²) in [5, 5.41) is 11.0. The molecule has 2 aromatic rings. The average molecular weight is 310 g/mol. The Hall–Kier alpha value is -2.41. The van der Waals surface area contributed by atoms with E-state index in [1.165, 1.54) is 14.0 Å². The van der Waals surface area contributed by atoms with Gasteiger partial charge in [-0.15, -0.1) is 0 Å². The number of hydrogen-bond donors (Lipinski definition) is 0. The van der Waals surface area contributed by atoms with Crippen molar-refractivity contribution in [1.29, 1.82) is 0 Å². The predicted molar refractivity (Wildman–Crippen MR) is 76.2 cm³/mol. The Morgan fingerprint density at radius 2 is 1.95 bits per heavy atom. The van der Waals surface area contributed by atoms with Crippen LogP contribution in [0.4, 0.5) is 5.69 Å². The van der Waals surface area contributed by atoms with Gasteiger partial charge in [0.25, 0.3) is 0 Å². The van der Waals surface area contributed by atoms with E-state index in [0.29, 0.717) is 11.5 Å². The monoisotopic (exact) mass is 309 g/mol. The Morgan fingerprint density at radius 3 is 2.57 bits per heavy atom. The summed E-state index contributed by atoms with van der Waals surface area (Å²) in [6.45, 7) is 3.35. The van der Waals surface area contributed by atoms with Gasteiger partial charge in [-0.25, -0.2) is 4.98 Å². The van der Waals surface area contributed by atoms with Gasteiger partial charge in [-0.3, -0.25) is 10.1 Å². The molecule has 1 aromatic carbocycles. The maximum Gasteiger partial charge on any atom is 0.352 e. The van der Waals surface area contributed by atoms with Gasteiger partial charge in [-0.1, -0.05) is 6.07 Å². The third-order valence-corrected chi connectivity index (χ3v) is 2.88. The van der Waals surface area contributed by atoms with Crippen molar-refractivity contribution in [2.45, 2.75) is 13.8 Å². The van der Waals surface area contributed by atoms with Gasteiger partial charge in [0, 0.05) is 0 Å². The molecule has 110 valence electrons. The molecule has 8 heteroatoms. The minimum Gasteiger partial charge on any atom is -0.493 e. The number of aromatic nitrogens is 2. The van der Waals surface area contributed by atoms with E-state index in [1.54, 1.807) is 18.2 Å². The summed E-state index contributed by atoms with van der Waals surface area (Å²) < 4.78 is 10.7. The molecule has 0 unspecified atom stereocenters. The Balaban J connectivity index is 2.51. The molecule has 0 spiro atoms. The summed E-state index contributed by atoms with van der Waals surface area (Å²) in [6, 6.07) is 5.18. The van der Waals surface area contributed by atoms with Crippen molar-refractivity contribution >= 4 is 17.3 Å². The molecule has 0 atom stereocenters. The molecule has 2 rings (SSSR count). The van der Waals surface area contributed by atoms with Crippen molar-refractivity contribution in [3.8, 4) is 17.4 Å². The molecular weight excluding hydrogens is 298 g/mol. The maximum atomic E-state index is 11.1. The van der Waals surface area contributed by atoms with E-state index in [1.807, 2.05) is 6.92 Å². The van der Waals surface area contributed by atoms with Crippen LogP contribution in [0.5, 0.6) is 17.4 Å². The molecule has 1 aromatic heterocycles. The lowest BCUT2D eigenvalue weighted by atomic mass is 10.2. The van der Waals surface area contributed by atoms with Gasteiger partial charge >= 0.3 is 11.6 Å². The molecule has 21 heavy (non-hydrogen) atoms. The Morgan fingerprint density at radius 1 is 1.24 bits per heavy atom. The van der Waals surface area contributed by atoms with Gasteiger partial charge in [0.05, 0.1) is 12.0 Å². The van der Waals surface area contributed by atoms with E-state index in [4.69, 9.17) is 21.1 Å². The SMILES string of the molecule is COc1cc(C)ccc1Oc1nc(Cl)nc(C)c1[N+](=O)[O-]. The minimum atomic E-state index is -0.609. The summed E-state index contributed by atoms with van der Waals surface area (Å²) >= 11 is 5.74. The molecule has 1 heterocycles. The lowest BCUT2D eigenvalue weighted by Gasteiger charge is -2.11. The fourth-order valence-electron chi connectivity index (χ4n) is 1.75. The van der Waals surface area contributed by atoms with Crippen molar-refractivity contribution in [2.24, 2.45) is 0 Å². The van der Waals surface area contributed by atoms with E-state index in [-0.39, 0.29) is 22.5 Å². The molecule has 0 N–H and O–H groups in total. The van der Waals surface area contributed by atoms with E-state index < -0.39 is 4.92 Å². The largest absolute Gasteiger partial charge is 0.493 e. The van der Waals surface area contributed by atoms with Crippen molar-refractivity contribution < 1.29 is 14.4 Å². The minimum absolute atomic E-state index is 0.126. The highest BCUT2D eigenvalue weighted by Gasteiger charge is 2.24. The van der Waals surface area contributed by atoms with Crippen molar-refractivity contribution in [2.75, 3.05) is 7.11 Å². The second kappa shape index (κ2) is 5.92. The van der Waals surface area contributed by atoms with Crippen LogP contribution in [0.2, 0.25) is 5.28 Å². The van der Waals surface area contributed by atoms with E-state index in [0.717, 1.165) is 5.56 Å². The fraction of sp³-hybridized carbons (Fsp3) is 0.231. The lowest BCUT2D eigenvalue weighted by Crippen LogP contribution is -2.02. The number of hydrogen-bond acceptors (Lipinski definition) is 6.